The summed E-state index contributed by atoms with van der Waals surface area (Å²) >= 11 is 0. The van der Waals surface area contributed by atoms with Crippen LogP contribution in [0, 0.1) is 6.92 Å². The van der Waals surface area contributed by atoms with E-state index < -0.39 is 0 Å². The summed E-state index contributed by atoms with van der Waals surface area (Å²) in [7, 11) is 0. The Morgan fingerprint density at radius 3 is 2.50 bits per heavy atom. The number of aromatic hydroxyl groups is 2. The Kier molecular flexibility index (Phi) is 4.48. The van der Waals surface area contributed by atoms with Crippen LogP contribution >= 0.6 is 0 Å². The minimum Gasteiger partial charge on any atom is -0.508 e. The molecule has 1 radical (unpaired) electrons. The summed E-state index contributed by atoms with van der Waals surface area (Å²) in [5.41, 5.74) is 0.915. The SMILES string of the molecule is [CH2]CCC(c1ccc(O)cc1O)N1CCCCC1. The molecule has 0 spiro atoms. The molecule has 1 saturated heterocycles. The summed E-state index contributed by atoms with van der Waals surface area (Å²) in [6.45, 7) is 6.11. The summed E-state index contributed by atoms with van der Waals surface area (Å²) in [5.74, 6) is 0.308. The van der Waals surface area contributed by atoms with Crippen LogP contribution in [-0.2, 0) is 0 Å². The summed E-state index contributed by atoms with van der Waals surface area (Å²) < 4.78 is 0. The van der Waals surface area contributed by atoms with E-state index in [0.29, 0.717) is 0 Å². The third kappa shape index (κ3) is 2.96. The summed E-state index contributed by atoms with van der Waals surface area (Å²) in [5, 5.41) is 19.4. The molecule has 18 heavy (non-hydrogen) atoms. The molecule has 1 aliphatic heterocycles. The topological polar surface area (TPSA) is 43.7 Å². The second kappa shape index (κ2) is 6.10. The van der Waals surface area contributed by atoms with Gasteiger partial charge in [-0.2, -0.15) is 0 Å². The van der Waals surface area contributed by atoms with E-state index in [1.165, 1.54) is 25.3 Å². The highest BCUT2D eigenvalue weighted by atomic mass is 16.3. The predicted octanol–water partition coefficient (Wildman–Crippen LogP) is 3.24. The minimum atomic E-state index is 0.114. The number of rotatable bonds is 4. The molecule has 0 bridgehead atoms. The van der Waals surface area contributed by atoms with Gasteiger partial charge in [-0.3, -0.25) is 4.90 Å². The number of phenols is 2. The van der Waals surface area contributed by atoms with Crippen molar-refractivity contribution in [3.8, 4) is 11.5 Å². The molecule has 1 aromatic carbocycles. The monoisotopic (exact) mass is 248 g/mol. The molecule has 1 atom stereocenters. The number of hydrogen-bond acceptors (Lipinski definition) is 3. The summed E-state index contributed by atoms with van der Waals surface area (Å²) in [6.07, 6.45) is 5.55. The standard InChI is InChI=1S/C15H22NO2/c1-2-6-14(16-9-4-3-5-10-16)13-8-7-12(17)11-15(13)18/h7-8,11,14,17-18H,1-6,9-10H2. The molecule has 0 saturated carbocycles. The van der Waals surface area contributed by atoms with Gasteiger partial charge in [-0.05, 0) is 38.4 Å². The van der Waals surface area contributed by atoms with E-state index in [4.69, 9.17) is 0 Å². The van der Waals surface area contributed by atoms with Gasteiger partial charge >= 0.3 is 0 Å². The van der Waals surface area contributed by atoms with Crippen molar-refractivity contribution in [2.75, 3.05) is 13.1 Å². The fourth-order valence-corrected chi connectivity index (χ4v) is 2.77. The number of likely N-dealkylation sites (tertiary alicyclic amines) is 1. The predicted molar refractivity (Wildman–Crippen MR) is 72.5 cm³/mol. The second-order valence-electron chi connectivity index (χ2n) is 5.00. The molecule has 1 aromatic rings. The molecule has 2 rings (SSSR count). The maximum atomic E-state index is 10.0. The van der Waals surface area contributed by atoms with Crippen molar-refractivity contribution < 1.29 is 10.2 Å². The van der Waals surface area contributed by atoms with E-state index in [9.17, 15) is 10.2 Å². The first kappa shape index (κ1) is 13.2. The van der Waals surface area contributed by atoms with Gasteiger partial charge in [-0.25, -0.2) is 0 Å². The molecule has 1 heterocycles. The molecule has 0 amide bonds. The highest BCUT2D eigenvalue weighted by molar-refractivity contribution is 5.40. The summed E-state index contributed by atoms with van der Waals surface area (Å²) in [6, 6.07) is 5.13. The number of phenolic OH excluding ortho intramolecular Hbond substituents is 2. The Morgan fingerprint density at radius 1 is 1.17 bits per heavy atom. The maximum absolute atomic E-state index is 10.0. The normalized spacial score (nSPS) is 18.7. The van der Waals surface area contributed by atoms with Crippen molar-refractivity contribution in [1.29, 1.82) is 0 Å². The average Bonchev–Trinajstić information content (AvgIpc) is 2.38. The molecule has 99 valence electrons. The van der Waals surface area contributed by atoms with Crippen LogP contribution < -0.4 is 0 Å². The molecule has 1 unspecified atom stereocenters. The molecular formula is C15H22NO2. The van der Waals surface area contributed by atoms with Crippen molar-refractivity contribution in [1.82, 2.24) is 4.90 Å². The Hall–Kier alpha value is -1.22. The molecule has 1 aliphatic rings. The van der Waals surface area contributed by atoms with Crippen molar-refractivity contribution in [3.63, 3.8) is 0 Å². The molecule has 3 heteroatoms. The zero-order valence-corrected chi connectivity index (χ0v) is 10.8. The molecular weight excluding hydrogens is 226 g/mol. The van der Waals surface area contributed by atoms with Gasteiger partial charge in [0.25, 0.3) is 0 Å². The van der Waals surface area contributed by atoms with Gasteiger partial charge in [0.15, 0.2) is 0 Å². The number of hydrogen-bond donors (Lipinski definition) is 2. The highest BCUT2D eigenvalue weighted by Gasteiger charge is 2.23. The first-order valence-electron chi connectivity index (χ1n) is 6.77. The van der Waals surface area contributed by atoms with E-state index in [-0.39, 0.29) is 17.5 Å². The summed E-state index contributed by atoms with van der Waals surface area (Å²) in [4.78, 5) is 2.43. The van der Waals surface area contributed by atoms with Crippen molar-refractivity contribution in [3.05, 3.63) is 30.7 Å². The number of piperidine rings is 1. The maximum Gasteiger partial charge on any atom is 0.124 e. The van der Waals surface area contributed by atoms with Crippen LogP contribution in [0.15, 0.2) is 18.2 Å². The fourth-order valence-electron chi connectivity index (χ4n) is 2.77. The first-order valence-corrected chi connectivity index (χ1v) is 6.77. The lowest BCUT2D eigenvalue weighted by molar-refractivity contribution is 0.154. The number of nitrogens with zero attached hydrogens (tertiary/aromatic N) is 1. The van der Waals surface area contributed by atoms with Crippen molar-refractivity contribution in [2.24, 2.45) is 0 Å². The Morgan fingerprint density at radius 2 is 1.89 bits per heavy atom. The van der Waals surface area contributed by atoms with E-state index in [0.717, 1.165) is 31.5 Å². The quantitative estimate of drug-likeness (QED) is 0.859. The van der Waals surface area contributed by atoms with Gasteiger partial charge in [-0.1, -0.05) is 25.8 Å². The van der Waals surface area contributed by atoms with Gasteiger partial charge in [-0.15, -0.1) is 0 Å². The first-order chi connectivity index (χ1) is 8.72. The van der Waals surface area contributed by atoms with E-state index >= 15 is 0 Å². The zero-order valence-electron chi connectivity index (χ0n) is 10.8. The largest absolute Gasteiger partial charge is 0.508 e. The zero-order chi connectivity index (χ0) is 13.0. The van der Waals surface area contributed by atoms with Crippen LogP contribution in [0.5, 0.6) is 11.5 Å². The lowest BCUT2D eigenvalue weighted by Gasteiger charge is -2.35. The van der Waals surface area contributed by atoms with Crippen molar-refractivity contribution in [2.45, 2.75) is 38.1 Å². The lowest BCUT2D eigenvalue weighted by atomic mass is 9.97. The average molecular weight is 248 g/mol. The van der Waals surface area contributed by atoms with Gasteiger partial charge in [0.05, 0.1) is 0 Å². The van der Waals surface area contributed by atoms with Crippen LogP contribution in [0.4, 0.5) is 0 Å². The molecule has 3 nitrogen and oxygen atoms in total. The third-order valence-corrected chi connectivity index (χ3v) is 3.68. The lowest BCUT2D eigenvalue weighted by Crippen LogP contribution is -2.33. The second-order valence-corrected chi connectivity index (χ2v) is 5.00. The Balaban J connectivity index is 2.22. The fraction of sp³-hybridized carbons (Fsp3) is 0.533. The van der Waals surface area contributed by atoms with Crippen molar-refractivity contribution >= 4 is 0 Å². The number of benzene rings is 1. The Labute approximate surface area is 109 Å². The molecule has 2 N–H and O–H groups in total. The van der Waals surface area contributed by atoms with Gasteiger partial charge in [0.2, 0.25) is 0 Å². The molecule has 0 aliphatic carbocycles. The highest BCUT2D eigenvalue weighted by Crippen LogP contribution is 2.35. The third-order valence-electron chi connectivity index (χ3n) is 3.68. The Bertz CT molecular complexity index is 386. The van der Waals surface area contributed by atoms with Crippen LogP contribution in [0.3, 0.4) is 0 Å². The van der Waals surface area contributed by atoms with Crippen LogP contribution in [0.1, 0.15) is 43.7 Å². The van der Waals surface area contributed by atoms with Gasteiger partial charge in [0, 0.05) is 17.7 Å². The van der Waals surface area contributed by atoms with Crippen LogP contribution in [0.25, 0.3) is 0 Å². The van der Waals surface area contributed by atoms with Crippen LogP contribution in [0.2, 0.25) is 0 Å². The smallest absolute Gasteiger partial charge is 0.124 e. The molecule has 0 aromatic heterocycles. The van der Waals surface area contributed by atoms with Gasteiger partial charge < -0.3 is 10.2 Å². The minimum absolute atomic E-state index is 0.114. The van der Waals surface area contributed by atoms with E-state index in [2.05, 4.69) is 11.8 Å². The van der Waals surface area contributed by atoms with E-state index in [1.54, 1.807) is 6.07 Å². The van der Waals surface area contributed by atoms with Gasteiger partial charge in [0.1, 0.15) is 11.5 Å². The molecule has 1 fully saturated rings. The van der Waals surface area contributed by atoms with Crippen LogP contribution in [-0.4, -0.2) is 28.2 Å². The van der Waals surface area contributed by atoms with E-state index in [1.807, 2.05) is 6.07 Å².